The average Bonchev–Trinajstić information content (AvgIpc) is 3.42. The molecule has 1 N–H and O–H groups in total. The molecule has 0 radical (unpaired) electrons. The van der Waals surface area contributed by atoms with Crippen molar-refractivity contribution < 1.29 is 23.9 Å². The molecule has 206 valence electrons. The highest BCUT2D eigenvalue weighted by molar-refractivity contribution is 7.99. The highest BCUT2D eigenvalue weighted by Crippen LogP contribution is 2.41. The van der Waals surface area contributed by atoms with Gasteiger partial charge in [0.25, 0.3) is 11.6 Å². The zero-order valence-electron chi connectivity index (χ0n) is 22.2. The molecule has 0 saturated heterocycles. The summed E-state index contributed by atoms with van der Waals surface area (Å²) in [6, 6.07) is 19.1. The number of carbonyl (C=O) groups is 1. The molecule has 1 aromatic heterocycles. The maximum Gasteiger partial charge on any atom is 0.270 e. The van der Waals surface area contributed by atoms with Gasteiger partial charge < -0.3 is 14.2 Å². The lowest BCUT2D eigenvalue weighted by Gasteiger charge is -2.15. The van der Waals surface area contributed by atoms with Crippen molar-refractivity contribution in [3.63, 3.8) is 0 Å². The minimum absolute atomic E-state index is 0.00800. The van der Waals surface area contributed by atoms with Crippen LogP contribution in [0.2, 0.25) is 0 Å². The lowest BCUT2D eigenvalue weighted by Crippen LogP contribution is -2.21. The van der Waals surface area contributed by atoms with Gasteiger partial charge in [0.15, 0.2) is 22.5 Å². The first-order valence-corrected chi connectivity index (χ1v) is 12.9. The number of ether oxygens (including phenoxy) is 3. The fraction of sp³-hybridized carbons (Fsp3) is 0.185. The normalized spacial score (nSPS) is 11.2. The van der Waals surface area contributed by atoms with E-state index in [0.717, 1.165) is 5.69 Å². The Morgan fingerprint density at radius 1 is 1.00 bits per heavy atom. The summed E-state index contributed by atoms with van der Waals surface area (Å²) in [4.78, 5) is 23.2. The van der Waals surface area contributed by atoms with Gasteiger partial charge in [-0.3, -0.25) is 19.5 Å². The number of nitrogens with zero attached hydrogens (tertiary/aromatic N) is 5. The Morgan fingerprint density at radius 2 is 1.70 bits per heavy atom. The second kappa shape index (κ2) is 12.8. The summed E-state index contributed by atoms with van der Waals surface area (Å²) in [6.45, 7) is 1.65. The third-order valence-corrected chi connectivity index (χ3v) is 6.66. The van der Waals surface area contributed by atoms with Crippen LogP contribution in [-0.2, 0) is 4.79 Å². The van der Waals surface area contributed by atoms with E-state index in [1.807, 2.05) is 34.9 Å². The van der Waals surface area contributed by atoms with Gasteiger partial charge in [0.1, 0.15) is 0 Å². The first-order valence-electron chi connectivity index (χ1n) is 11.9. The van der Waals surface area contributed by atoms with Gasteiger partial charge >= 0.3 is 0 Å². The number of thioether (sulfide) groups is 1. The Labute approximate surface area is 234 Å². The van der Waals surface area contributed by atoms with E-state index in [-0.39, 0.29) is 17.3 Å². The summed E-state index contributed by atoms with van der Waals surface area (Å²) < 4.78 is 18.3. The van der Waals surface area contributed by atoms with E-state index in [9.17, 15) is 14.9 Å². The summed E-state index contributed by atoms with van der Waals surface area (Å²) >= 11 is 1.18. The SMILES string of the molecule is COc1cc(-c2nnc(SCC(=O)N/N=C(\C)c3cccc([N+](=O)[O-])c3)n2-c2ccccc2)cc(OC)c1OC. The molecular formula is C27H26N6O6S. The van der Waals surface area contributed by atoms with Crippen molar-refractivity contribution in [1.82, 2.24) is 20.2 Å². The van der Waals surface area contributed by atoms with Crippen molar-refractivity contribution in [2.75, 3.05) is 27.1 Å². The number of hydrogen-bond donors (Lipinski definition) is 1. The molecule has 0 unspecified atom stereocenters. The van der Waals surface area contributed by atoms with Crippen LogP contribution in [0.15, 0.2) is 77.0 Å². The monoisotopic (exact) mass is 562 g/mol. The van der Waals surface area contributed by atoms with Crippen molar-refractivity contribution in [3.05, 3.63) is 82.4 Å². The lowest BCUT2D eigenvalue weighted by molar-refractivity contribution is -0.384. The molecule has 0 spiro atoms. The number of para-hydroxylation sites is 1. The van der Waals surface area contributed by atoms with Gasteiger partial charge in [0.05, 0.1) is 37.7 Å². The van der Waals surface area contributed by atoms with E-state index in [1.165, 1.54) is 45.2 Å². The predicted molar refractivity (Wildman–Crippen MR) is 151 cm³/mol. The number of nitrogens with one attached hydrogen (secondary N) is 1. The summed E-state index contributed by atoms with van der Waals surface area (Å²) in [7, 11) is 4.60. The summed E-state index contributed by atoms with van der Waals surface area (Å²) in [5.74, 6) is 1.49. The van der Waals surface area contributed by atoms with Crippen LogP contribution in [0.1, 0.15) is 12.5 Å². The maximum atomic E-state index is 12.6. The molecule has 4 aromatic rings. The molecule has 4 rings (SSSR count). The number of amides is 1. The van der Waals surface area contributed by atoms with Gasteiger partial charge in [-0.2, -0.15) is 5.10 Å². The Hall–Kier alpha value is -4.91. The molecule has 1 amide bonds. The first-order chi connectivity index (χ1) is 19.4. The highest BCUT2D eigenvalue weighted by Gasteiger charge is 2.21. The van der Waals surface area contributed by atoms with Gasteiger partial charge in [-0.15, -0.1) is 10.2 Å². The topological polar surface area (TPSA) is 143 Å². The Morgan fingerprint density at radius 3 is 2.33 bits per heavy atom. The fourth-order valence-corrected chi connectivity index (χ4v) is 4.53. The fourth-order valence-electron chi connectivity index (χ4n) is 3.79. The van der Waals surface area contributed by atoms with Crippen molar-refractivity contribution in [3.8, 4) is 34.3 Å². The first kappa shape index (κ1) is 28.1. The molecule has 0 aliphatic rings. The molecule has 0 bridgehead atoms. The molecule has 1 heterocycles. The Balaban J connectivity index is 1.59. The van der Waals surface area contributed by atoms with Crippen LogP contribution in [-0.4, -0.2) is 58.4 Å². The molecule has 3 aromatic carbocycles. The van der Waals surface area contributed by atoms with Gasteiger partial charge in [0, 0.05) is 28.9 Å². The van der Waals surface area contributed by atoms with Gasteiger partial charge in [-0.1, -0.05) is 42.1 Å². The molecule has 0 aliphatic heterocycles. The number of nitro groups is 1. The quantitative estimate of drug-likeness (QED) is 0.121. The van der Waals surface area contributed by atoms with Crippen LogP contribution in [0.4, 0.5) is 5.69 Å². The molecule has 0 fully saturated rings. The lowest BCUT2D eigenvalue weighted by atomic mass is 10.1. The van der Waals surface area contributed by atoms with Gasteiger partial charge in [-0.05, 0) is 31.2 Å². The minimum Gasteiger partial charge on any atom is -0.493 e. The number of benzene rings is 3. The van der Waals surface area contributed by atoms with Crippen LogP contribution in [0.25, 0.3) is 17.1 Å². The van der Waals surface area contributed by atoms with Crippen molar-refractivity contribution in [2.45, 2.75) is 12.1 Å². The number of non-ortho nitro benzene ring substituents is 1. The van der Waals surface area contributed by atoms with Crippen LogP contribution in [0.5, 0.6) is 17.2 Å². The second-order valence-electron chi connectivity index (χ2n) is 8.22. The molecule has 12 nitrogen and oxygen atoms in total. The number of carbonyl (C=O) groups excluding carboxylic acids is 1. The standard InChI is InChI=1S/C27H26N6O6S/c1-17(18-9-8-12-21(13-18)33(35)36)28-29-24(34)16-40-27-31-30-26(32(27)20-10-6-5-7-11-20)19-14-22(37-2)25(39-4)23(15-19)38-3/h5-15H,16H2,1-4H3,(H,29,34)/b28-17+. The van der Waals surface area contributed by atoms with E-state index in [2.05, 4.69) is 20.7 Å². The van der Waals surface area contributed by atoms with Crippen LogP contribution in [0, 0.1) is 10.1 Å². The molecule has 40 heavy (non-hydrogen) atoms. The van der Waals surface area contributed by atoms with E-state index < -0.39 is 4.92 Å². The average molecular weight is 563 g/mol. The third-order valence-electron chi connectivity index (χ3n) is 5.73. The van der Waals surface area contributed by atoms with Crippen LogP contribution in [0.3, 0.4) is 0 Å². The van der Waals surface area contributed by atoms with E-state index >= 15 is 0 Å². The number of hydrazone groups is 1. The molecule has 0 aliphatic carbocycles. The van der Waals surface area contributed by atoms with E-state index in [1.54, 1.807) is 31.2 Å². The van der Waals surface area contributed by atoms with Crippen molar-refractivity contribution >= 4 is 29.1 Å². The minimum atomic E-state index is -0.485. The molecular weight excluding hydrogens is 536 g/mol. The highest BCUT2D eigenvalue weighted by atomic mass is 32.2. The number of nitro benzene ring substituents is 1. The Bertz CT molecular complexity index is 1530. The molecule has 0 atom stereocenters. The van der Waals surface area contributed by atoms with E-state index in [4.69, 9.17) is 14.2 Å². The molecule has 13 heteroatoms. The van der Waals surface area contributed by atoms with Gasteiger partial charge in [0.2, 0.25) is 5.75 Å². The summed E-state index contributed by atoms with van der Waals surface area (Å²) in [5, 5.41) is 24.4. The smallest absolute Gasteiger partial charge is 0.270 e. The Kier molecular flexibility index (Phi) is 8.96. The van der Waals surface area contributed by atoms with Crippen molar-refractivity contribution in [1.29, 1.82) is 0 Å². The predicted octanol–water partition coefficient (Wildman–Crippen LogP) is 4.50. The largest absolute Gasteiger partial charge is 0.493 e. The number of aromatic nitrogens is 3. The number of rotatable bonds is 11. The van der Waals surface area contributed by atoms with Gasteiger partial charge in [-0.25, -0.2) is 5.43 Å². The number of hydrogen-bond acceptors (Lipinski definition) is 10. The van der Waals surface area contributed by atoms with E-state index in [0.29, 0.717) is 45.1 Å². The van der Waals surface area contributed by atoms with Crippen LogP contribution >= 0.6 is 11.8 Å². The maximum absolute atomic E-state index is 12.6. The zero-order valence-corrected chi connectivity index (χ0v) is 23.0. The summed E-state index contributed by atoms with van der Waals surface area (Å²) in [6.07, 6.45) is 0. The number of methoxy groups -OCH3 is 3. The third kappa shape index (κ3) is 6.21. The zero-order chi connectivity index (χ0) is 28.6. The summed E-state index contributed by atoms with van der Waals surface area (Å²) in [5.41, 5.74) is 4.85. The van der Waals surface area contributed by atoms with Crippen molar-refractivity contribution in [2.24, 2.45) is 5.10 Å². The van der Waals surface area contributed by atoms with Crippen LogP contribution < -0.4 is 19.6 Å². The second-order valence-corrected chi connectivity index (χ2v) is 9.16. The molecule has 0 saturated carbocycles.